The summed E-state index contributed by atoms with van der Waals surface area (Å²) >= 11 is 13.0. The smallest absolute Gasteiger partial charge is 0.0959 e. The topological polar surface area (TPSA) is 20.2 Å². The summed E-state index contributed by atoms with van der Waals surface area (Å²) in [7, 11) is 0. The Morgan fingerprint density at radius 1 is 0.710 bits per heavy atom. The van der Waals surface area contributed by atoms with Gasteiger partial charge in [-0.2, -0.15) is 0 Å². The molecular weight excluding hydrogens is 423 g/mol. The normalized spacial score (nSPS) is 31.2. The Hall–Kier alpha value is -1.80. The summed E-state index contributed by atoms with van der Waals surface area (Å²) < 4.78 is 0. The van der Waals surface area contributed by atoms with Gasteiger partial charge in [-0.1, -0.05) is 77.8 Å². The lowest BCUT2D eigenvalue weighted by molar-refractivity contribution is -0.179. The monoisotopic (exact) mass is 448 g/mol. The zero-order valence-electron chi connectivity index (χ0n) is 17.4. The first kappa shape index (κ1) is 19.9. The van der Waals surface area contributed by atoms with Crippen molar-refractivity contribution in [1.29, 1.82) is 0 Å². The van der Waals surface area contributed by atoms with Crippen LogP contribution in [0.3, 0.4) is 0 Å². The van der Waals surface area contributed by atoms with Gasteiger partial charge in [0.15, 0.2) is 0 Å². The molecule has 3 heteroatoms. The van der Waals surface area contributed by atoms with E-state index in [0.29, 0.717) is 21.9 Å². The summed E-state index contributed by atoms with van der Waals surface area (Å²) in [5, 5.41) is 13.7. The molecule has 0 saturated heterocycles. The van der Waals surface area contributed by atoms with E-state index in [2.05, 4.69) is 42.5 Å². The Morgan fingerprint density at radius 3 is 2.03 bits per heavy atom. The van der Waals surface area contributed by atoms with Crippen LogP contribution in [0.5, 0.6) is 0 Å². The second-order valence-corrected chi connectivity index (χ2v) is 10.7. The highest BCUT2D eigenvalue weighted by Crippen LogP contribution is 2.63. The predicted octanol–water partition coefficient (Wildman–Crippen LogP) is 7.97. The third-order valence-corrected chi connectivity index (χ3v) is 8.71. The molecule has 4 aliphatic carbocycles. The Labute approximate surface area is 194 Å². The van der Waals surface area contributed by atoms with Crippen LogP contribution in [-0.2, 0) is 5.60 Å². The second-order valence-electron chi connectivity index (χ2n) is 9.85. The lowest BCUT2D eigenvalue weighted by Crippen LogP contribution is -2.55. The minimum atomic E-state index is -0.795. The van der Waals surface area contributed by atoms with E-state index in [9.17, 15) is 5.11 Å². The molecule has 3 aromatic carbocycles. The number of hydrogen-bond acceptors (Lipinski definition) is 1. The SMILES string of the molecule is OC1(c2cccc(-c3ccccc3)c2-c2ccc(Cl)cc2Cl)C2CC3CC(C2)CC1C3. The molecule has 1 N–H and O–H groups in total. The van der Waals surface area contributed by atoms with Gasteiger partial charge < -0.3 is 5.11 Å². The van der Waals surface area contributed by atoms with Crippen molar-refractivity contribution in [2.24, 2.45) is 23.7 Å². The van der Waals surface area contributed by atoms with Crippen molar-refractivity contribution in [1.82, 2.24) is 0 Å². The lowest BCUT2D eigenvalue weighted by Gasteiger charge is -2.59. The third-order valence-electron chi connectivity index (χ3n) is 8.16. The van der Waals surface area contributed by atoms with E-state index >= 15 is 0 Å². The number of hydrogen-bond donors (Lipinski definition) is 1. The standard InChI is InChI=1S/C28H26Cl2O/c29-22-9-10-24(26(30)16-22)27-23(19-5-2-1-3-6-19)7-4-8-25(27)28(31)20-12-17-11-18(14-20)15-21(28)13-17/h1-10,16-18,20-21,31H,11-15H2. The predicted molar refractivity (Wildman–Crippen MR) is 128 cm³/mol. The molecule has 3 aromatic rings. The van der Waals surface area contributed by atoms with Crippen molar-refractivity contribution in [2.75, 3.05) is 0 Å². The molecule has 1 nitrogen and oxygen atoms in total. The summed E-state index contributed by atoms with van der Waals surface area (Å²) in [4.78, 5) is 0. The molecule has 0 aliphatic heterocycles. The molecule has 0 atom stereocenters. The third kappa shape index (κ3) is 3.09. The summed E-state index contributed by atoms with van der Waals surface area (Å²) in [6.45, 7) is 0. The first-order chi connectivity index (χ1) is 15.0. The van der Waals surface area contributed by atoms with Gasteiger partial charge in [-0.15, -0.1) is 0 Å². The van der Waals surface area contributed by atoms with E-state index < -0.39 is 5.60 Å². The molecule has 0 heterocycles. The maximum Gasteiger partial charge on any atom is 0.0959 e. The number of halogens is 2. The quantitative estimate of drug-likeness (QED) is 0.430. The highest BCUT2D eigenvalue weighted by atomic mass is 35.5. The van der Waals surface area contributed by atoms with Crippen LogP contribution >= 0.6 is 23.2 Å². The van der Waals surface area contributed by atoms with Crippen molar-refractivity contribution in [2.45, 2.75) is 37.7 Å². The number of rotatable bonds is 3. The Morgan fingerprint density at radius 2 is 1.39 bits per heavy atom. The summed E-state index contributed by atoms with van der Waals surface area (Å²) in [5.41, 5.74) is 4.51. The average molecular weight is 449 g/mol. The average Bonchev–Trinajstić information content (AvgIpc) is 2.77. The van der Waals surface area contributed by atoms with Crippen LogP contribution in [0.1, 0.15) is 37.7 Å². The van der Waals surface area contributed by atoms with Crippen LogP contribution < -0.4 is 0 Å². The molecule has 4 bridgehead atoms. The zero-order chi connectivity index (χ0) is 21.2. The highest BCUT2D eigenvalue weighted by molar-refractivity contribution is 6.36. The van der Waals surface area contributed by atoms with Crippen LogP contribution in [0.15, 0.2) is 66.7 Å². The molecule has 4 aliphatic rings. The molecule has 0 radical (unpaired) electrons. The maximum absolute atomic E-state index is 12.5. The fourth-order valence-electron chi connectivity index (χ4n) is 7.07. The van der Waals surface area contributed by atoms with Crippen LogP contribution in [-0.4, -0.2) is 5.11 Å². The Bertz CT molecular complexity index is 1110. The molecule has 7 rings (SSSR count). The van der Waals surface area contributed by atoms with Crippen LogP contribution in [0.25, 0.3) is 22.3 Å². The lowest BCUT2D eigenvalue weighted by atomic mass is 9.48. The van der Waals surface area contributed by atoms with Crippen LogP contribution in [0, 0.1) is 23.7 Å². The largest absolute Gasteiger partial charge is 0.385 e. The highest BCUT2D eigenvalue weighted by Gasteiger charge is 2.57. The van der Waals surface area contributed by atoms with Gasteiger partial charge in [0.25, 0.3) is 0 Å². The van der Waals surface area contributed by atoms with Crippen LogP contribution in [0.2, 0.25) is 10.0 Å². The van der Waals surface area contributed by atoms with Gasteiger partial charge in [0, 0.05) is 15.6 Å². The van der Waals surface area contributed by atoms with E-state index in [1.54, 1.807) is 0 Å². The van der Waals surface area contributed by atoms with Gasteiger partial charge in [0.2, 0.25) is 0 Å². The van der Waals surface area contributed by atoms with Gasteiger partial charge in [0.1, 0.15) is 0 Å². The summed E-state index contributed by atoms with van der Waals surface area (Å²) in [5.74, 6) is 2.25. The number of benzene rings is 3. The van der Waals surface area contributed by atoms with Crippen molar-refractivity contribution in [3.63, 3.8) is 0 Å². The van der Waals surface area contributed by atoms with Gasteiger partial charge in [-0.25, -0.2) is 0 Å². The van der Waals surface area contributed by atoms with Crippen LogP contribution in [0.4, 0.5) is 0 Å². The van der Waals surface area contributed by atoms with Crippen molar-refractivity contribution in [3.8, 4) is 22.3 Å². The number of aliphatic hydroxyl groups is 1. The van der Waals surface area contributed by atoms with E-state index in [-0.39, 0.29) is 0 Å². The van der Waals surface area contributed by atoms with E-state index in [0.717, 1.165) is 65.3 Å². The fraction of sp³-hybridized carbons (Fsp3) is 0.357. The molecule has 158 valence electrons. The molecule has 0 aromatic heterocycles. The maximum atomic E-state index is 12.5. The van der Waals surface area contributed by atoms with E-state index in [1.807, 2.05) is 24.3 Å². The van der Waals surface area contributed by atoms with Crippen molar-refractivity contribution in [3.05, 3.63) is 82.3 Å². The Balaban J connectivity index is 1.61. The summed E-state index contributed by atoms with van der Waals surface area (Å²) in [6, 6.07) is 22.5. The molecule has 4 fully saturated rings. The van der Waals surface area contributed by atoms with Gasteiger partial charge in [0.05, 0.1) is 5.60 Å². The first-order valence-corrected chi connectivity index (χ1v) is 12.2. The van der Waals surface area contributed by atoms with Gasteiger partial charge in [-0.05, 0) is 90.2 Å². The molecule has 31 heavy (non-hydrogen) atoms. The van der Waals surface area contributed by atoms with E-state index in [1.165, 1.54) is 6.42 Å². The van der Waals surface area contributed by atoms with Crippen molar-refractivity contribution < 1.29 is 5.11 Å². The van der Waals surface area contributed by atoms with Gasteiger partial charge in [-0.3, -0.25) is 0 Å². The molecule has 0 amide bonds. The second kappa shape index (κ2) is 7.37. The van der Waals surface area contributed by atoms with Crippen molar-refractivity contribution >= 4 is 23.2 Å². The zero-order valence-corrected chi connectivity index (χ0v) is 18.9. The molecule has 4 saturated carbocycles. The summed E-state index contributed by atoms with van der Waals surface area (Å²) in [6.07, 6.45) is 5.95. The molecule has 0 spiro atoms. The van der Waals surface area contributed by atoms with Gasteiger partial charge >= 0.3 is 0 Å². The first-order valence-electron chi connectivity index (χ1n) is 11.4. The van der Waals surface area contributed by atoms with E-state index in [4.69, 9.17) is 23.2 Å². The Kier molecular flexibility index (Phi) is 4.72. The molecule has 0 unspecified atom stereocenters. The fourth-order valence-corrected chi connectivity index (χ4v) is 7.57. The minimum Gasteiger partial charge on any atom is -0.385 e. The minimum absolute atomic E-state index is 0.333. The molecular formula is C28H26Cl2O.